The van der Waals surface area contributed by atoms with Crippen LogP contribution >= 0.6 is 0 Å². The van der Waals surface area contributed by atoms with Gasteiger partial charge in [0.05, 0.1) is 11.4 Å². The highest BCUT2D eigenvalue weighted by atomic mass is 16.3. The van der Waals surface area contributed by atoms with E-state index < -0.39 is 0 Å². The monoisotopic (exact) mass is 837 g/mol. The van der Waals surface area contributed by atoms with Gasteiger partial charge in [0.2, 0.25) is 0 Å². The molecular formula is C58H35N3O4. The zero-order valence-electron chi connectivity index (χ0n) is 34.7. The van der Waals surface area contributed by atoms with Gasteiger partial charge in [-0.2, -0.15) is 0 Å². The zero-order valence-corrected chi connectivity index (χ0v) is 34.7. The van der Waals surface area contributed by atoms with Crippen LogP contribution in [0.25, 0.3) is 128 Å². The van der Waals surface area contributed by atoms with Crippen molar-refractivity contribution in [1.29, 1.82) is 0 Å². The second-order valence-corrected chi connectivity index (χ2v) is 17.0. The van der Waals surface area contributed by atoms with Gasteiger partial charge in [-0.15, -0.1) is 0 Å². The van der Waals surface area contributed by atoms with E-state index in [9.17, 15) is 5.11 Å². The summed E-state index contributed by atoms with van der Waals surface area (Å²) in [5.41, 5.74) is 16.2. The van der Waals surface area contributed by atoms with Gasteiger partial charge in [-0.3, -0.25) is 4.57 Å². The molecule has 7 nitrogen and oxygen atoms in total. The van der Waals surface area contributed by atoms with Crippen LogP contribution in [-0.2, 0) is 12.8 Å². The minimum absolute atomic E-state index is 0.218. The molecule has 7 heteroatoms. The number of aryl methyl sites for hydroxylation is 1. The number of aromatic hydroxyl groups is 1. The van der Waals surface area contributed by atoms with Crippen LogP contribution < -0.4 is 0 Å². The van der Waals surface area contributed by atoms with E-state index in [0.29, 0.717) is 11.4 Å². The minimum atomic E-state index is 0.218. The van der Waals surface area contributed by atoms with Crippen LogP contribution in [0.5, 0.6) is 5.75 Å². The summed E-state index contributed by atoms with van der Waals surface area (Å²) in [5.74, 6) is 0.955. The molecule has 1 aliphatic carbocycles. The van der Waals surface area contributed by atoms with E-state index in [-0.39, 0.29) is 5.75 Å². The van der Waals surface area contributed by atoms with Gasteiger partial charge in [-0.05, 0) is 119 Å². The van der Waals surface area contributed by atoms with Gasteiger partial charge in [0, 0.05) is 55.3 Å². The summed E-state index contributed by atoms with van der Waals surface area (Å²) < 4.78 is 21.3. The van der Waals surface area contributed by atoms with Crippen molar-refractivity contribution in [2.45, 2.75) is 12.8 Å². The molecule has 0 saturated heterocycles. The number of phenols is 1. The molecule has 0 spiro atoms. The van der Waals surface area contributed by atoms with Gasteiger partial charge in [0.15, 0.2) is 0 Å². The molecule has 0 saturated carbocycles. The molecule has 0 atom stereocenters. The number of fused-ring (bicyclic) bond motifs is 12. The number of para-hydroxylation sites is 2. The first-order chi connectivity index (χ1) is 32.1. The fourth-order valence-electron chi connectivity index (χ4n) is 10.2. The molecule has 65 heavy (non-hydrogen) atoms. The molecule has 14 rings (SSSR count). The number of benzene rings is 8. The summed E-state index contributed by atoms with van der Waals surface area (Å²) in [6.07, 6.45) is 3.66. The molecule has 8 aromatic carbocycles. The van der Waals surface area contributed by atoms with Crippen molar-refractivity contribution >= 4 is 65.8 Å². The first-order valence-corrected chi connectivity index (χ1v) is 21.9. The Kier molecular flexibility index (Phi) is 7.54. The average molecular weight is 838 g/mol. The fourth-order valence-corrected chi connectivity index (χ4v) is 10.2. The first-order valence-electron chi connectivity index (χ1n) is 21.9. The molecule has 5 heterocycles. The fraction of sp³-hybridized carbons (Fsp3) is 0.0345. The highest BCUT2D eigenvalue weighted by molar-refractivity contribution is 6.13. The minimum Gasteiger partial charge on any atom is -0.507 e. The van der Waals surface area contributed by atoms with Crippen molar-refractivity contribution < 1.29 is 18.4 Å². The maximum Gasteiger partial charge on any atom is 0.146 e. The summed E-state index contributed by atoms with van der Waals surface area (Å²) >= 11 is 0. The molecule has 0 radical (unpaired) electrons. The quantitative estimate of drug-likeness (QED) is 0.186. The normalized spacial score (nSPS) is 12.6. The lowest BCUT2D eigenvalue weighted by atomic mass is 9.84. The molecule has 0 aliphatic heterocycles. The molecule has 0 amide bonds. The van der Waals surface area contributed by atoms with Crippen LogP contribution in [0.1, 0.15) is 11.1 Å². The Morgan fingerprint density at radius 1 is 0.446 bits per heavy atom. The Morgan fingerprint density at radius 3 is 1.91 bits per heavy atom. The maximum absolute atomic E-state index is 11.5. The average Bonchev–Trinajstić information content (AvgIpc) is 4.15. The zero-order chi connectivity index (χ0) is 42.8. The molecular weight excluding hydrogens is 803 g/mol. The predicted molar refractivity (Wildman–Crippen MR) is 259 cm³/mol. The molecule has 0 fully saturated rings. The highest BCUT2D eigenvalue weighted by Gasteiger charge is 2.27. The predicted octanol–water partition coefficient (Wildman–Crippen LogP) is 15.1. The Balaban J connectivity index is 1.04. The number of nitrogens with zero attached hydrogens (tertiary/aromatic N) is 3. The maximum atomic E-state index is 11.5. The second-order valence-electron chi connectivity index (χ2n) is 17.0. The van der Waals surface area contributed by atoms with Gasteiger partial charge in [0.1, 0.15) is 50.8 Å². The molecule has 13 aromatic rings. The van der Waals surface area contributed by atoms with E-state index in [1.165, 1.54) is 0 Å². The van der Waals surface area contributed by atoms with Crippen molar-refractivity contribution in [2.24, 2.45) is 0 Å². The molecule has 5 aromatic heterocycles. The van der Waals surface area contributed by atoms with E-state index in [2.05, 4.69) is 114 Å². The van der Waals surface area contributed by atoms with Crippen LogP contribution in [0.2, 0.25) is 0 Å². The van der Waals surface area contributed by atoms with Crippen LogP contribution in [0.3, 0.4) is 0 Å². The van der Waals surface area contributed by atoms with Gasteiger partial charge in [0.25, 0.3) is 0 Å². The topological polar surface area (TPSA) is 90.4 Å². The molecule has 0 bridgehead atoms. The lowest BCUT2D eigenvalue weighted by Crippen LogP contribution is -2.09. The lowest BCUT2D eigenvalue weighted by Gasteiger charge is -2.23. The first kappa shape index (κ1) is 35.9. The number of aromatic nitrogens is 3. The van der Waals surface area contributed by atoms with Crippen LogP contribution in [0.15, 0.2) is 195 Å². The molecule has 0 unspecified atom stereocenters. The summed E-state index contributed by atoms with van der Waals surface area (Å²) in [5, 5.41) is 17.7. The largest absolute Gasteiger partial charge is 0.507 e. The molecule has 306 valence electrons. The summed E-state index contributed by atoms with van der Waals surface area (Å²) in [6, 6.07) is 60.0. The van der Waals surface area contributed by atoms with Crippen molar-refractivity contribution in [3.05, 3.63) is 193 Å². The number of pyridine rings is 1. The Hall–Kier alpha value is -8.68. The SMILES string of the molecule is Oc1cccc2c1-c1nc(-c3cn(-c4ccc5oc6ccccc6c5c4)c(-c4cccc5oc6ccc(-c7ccccc7)cc6c45)n3)cc(-c3ccc4oc5ccccc5c4c3)c1CC2. The van der Waals surface area contributed by atoms with Crippen LogP contribution in [0.4, 0.5) is 0 Å². The summed E-state index contributed by atoms with van der Waals surface area (Å²) in [4.78, 5) is 11.0. The van der Waals surface area contributed by atoms with E-state index >= 15 is 0 Å². The standard InChI is InChI=1S/C58H35N3O4/c62-48-16-8-12-34-20-24-40-42(36-22-26-51-43(29-36)38-13-4-6-17-49(38)63-51)31-46(59-57(40)55(34)48)47-32-61(37-23-27-52-44(30-37)39-14-5-7-18-50(39)64-52)58(60-47)41-15-9-19-54-56(41)45-28-35(21-25-53(45)65-54)33-10-2-1-3-11-33/h1-19,21-23,25-32,62H,20,24H2. The number of hydrogen-bond acceptors (Lipinski definition) is 6. The lowest BCUT2D eigenvalue weighted by molar-refractivity contribution is 0.476. The second kappa shape index (κ2) is 13.7. The van der Waals surface area contributed by atoms with Crippen molar-refractivity contribution in [3.63, 3.8) is 0 Å². The van der Waals surface area contributed by atoms with Gasteiger partial charge in [-0.25, -0.2) is 9.97 Å². The van der Waals surface area contributed by atoms with Crippen molar-refractivity contribution in [1.82, 2.24) is 14.5 Å². The van der Waals surface area contributed by atoms with Gasteiger partial charge in [-0.1, -0.05) is 103 Å². The Labute approximate surface area is 371 Å². The van der Waals surface area contributed by atoms with Crippen LogP contribution in [-0.4, -0.2) is 19.6 Å². The third kappa shape index (κ3) is 5.49. The van der Waals surface area contributed by atoms with Crippen LogP contribution in [0, 0.1) is 0 Å². The Morgan fingerprint density at radius 2 is 1.09 bits per heavy atom. The van der Waals surface area contributed by atoms with E-state index in [4.69, 9.17) is 23.2 Å². The number of imidazole rings is 1. The number of furan rings is 3. The summed E-state index contributed by atoms with van der Waals surface area (Å²) in [6.45, 7) is 0. The molecule has 1 aliphatic rings. The number of rotatable bonds is 5. The highest BCUT2D eigenvalue weighted by Crippen LogP contribution is 2.46. The molecule has 1 N–H and O–H groups in total. The third-order valence-electron chi connectivity index (χ3n) is 13.3. The van der Waals surface area contributed by atoms with Gasteiger partial charge >= 0.3 is 0 Å². The van der Waals surface area contributed by atoms with E-state index in [1.807, 2.05) is 66.7 Å². The van der Waals surface area contributed by atoms with Crippen molar-refractivity contribution in [3.8, 4) is 67.7 Å². The number of hydrogen-bond donors (Lipinski definition) is 1. The summed E-state index contributed by atoms with van der Waals surface area (Å²) in [7, 11) is 0. The Bertz CT molecular complexity index is 4090. The van der Waals surface area contributed by atoms with Gasteiger partial charge < -0.3 is 18.4 Å². The van der Waals surface area contributed by atoms with E-state index in [0.717, 1.165) is 140 Å². The van der Waals surface area contributed by atoms with Crippen molar-refractivity contribution in [2.75, 3.05) is 0 Å². The van der Waals surface area contributed by atoms with E-state index in [1.54, 1.807) is 6.07 Å². The number of phenolic OH excluding ortho intramolecular Hbond substituents is 1. The smallest absolute Gasteiger partial charge is 0.146 e. The third-order valence-corrected chi connectivity index (χ3v) is 13.3.